The van der Waals surface area contributed by atoms with Crippen LogP contribution in [0.3, 0.4) is 0 Å². The number of sulfonamides is 1. The topological polar surface area (TPSA) is 107 Å². The zero-order chi connectivity index (χ0) is 19.6. The van der Waals surface area contributed by atoms with Gasteiger partial charge in [-0.2, -0.15) is 5.10 Å². The molecule has 8 nitrogen and oxygen atoms in total. The van der Waals surface area contributed by atoms with E-state index in [1.807, 2.05) is 0 Å². The lowest BCUT2D eigenvalue weighted by Crippen LogP contribution is -2.12. The van der Waals surface area contributed by atoms with Crippen LogP contribution in [0.15, 0.2) is 59.8 Å². The highest BCUT2D eigenvalue weighted by molar-refractivity contribution is 7.92. The molecule has 2 aromatic carbocycles. The Bertz CT molecular complexity index is 1080. The first-order valence-corrected chi connectivity index (χ1v) is 9.35. The van der Waals surface area contributed by atoms with Crippen molar-refractivity contribution >= 4 is 33.0 Å². The summed E-state index contributed by atoms with van der Waals surface area (Å²) in [5.41, 5.74) is 0.163. The van der Waals surface area contributed by atoms with Crippen molar-refractivity contribution in [1.29, 1.82) is 0 Å². The average Bonchev–Trinajstić information content (AvgIpc) is 3.05. The van der Waals surface area contributed by atoms with Gasteiger partial charge in [-0.1, -0.05) is 17.7 Å². The molecule has 3 rings (SSSR count). The number of nitro benzene ring substituents is 1. The van der Waals surface area contributed by atoms with E-state index in [-0.39, 0.29) is 33.4 Å². The Kier molecular flexibility index (Phi) is 5.10. The van der Waals surface area contributed by atoms with Gasteiger partial charge in [-0.3, -0.25) is 19.5 Å². The fourth-order valence-electron chi connectivity index (χ4n) is 2.31. The number of anilines is 1. The summed E-state index contributed by atoms with van der Waals surface area (Å²) in [7, 11) is -3.96. The molecule has 27 heavy (non-hydrogen) atoms. The first-order chi connectivity index (χ1) is 12.8. The molecule has 1 N–H and O–H groups in total. The van der Waals surface area contributed by atoms with Crippen molar-refractivity contribution in [1.82, 2.24) is 9.78 Å². The molecule has 140 valence electrons. The Morgan fingerprint density at radius 1 is 1.22 bits per heavy atom. The summed E-state index contributed by atoms with van der Waals surface area (Å²) < 4.78 is 42.2. The fourth-order valence-corrected chi connectivity index (χ4v) is 3.56. The summed E-state index contributed by atoms with van der Waals surface area (Å²) in [4.78, 5) is 9.88. The predicted molar refractivity (Wildman–Crippen MR) is 96.6 cm³/mol. The van der Waals surface area contributed by atoms with Crippen LogP contribution in [-0.4, -0.2) is 23.1 Å². The second-order valence-corrected chi connectivity index (χ2v) is 7.57. The van der Waals surface area contributed by atoms with Gasteiger partial charge in [0, 0.05) is 28.9 Å². The second kappa shape index (κ2) is 7.33. The van der Waals surface area contributed by atoms with E-state index >= 15 is 0 Å². The van der Waals surface area contributed by atoms with Gasteiger partial charge in [0.05, 0.1) is 28.2 Å². The third-order valence-electron chi connectivity index (χ3n) is 3.63. The number of non-ortho nitro benzene ring substituents is 1. The number of nitrogens with one attached hydrogen (secondary N) is 1. The van der Waals surface area contributed by atoms with Crippen molar-refractivity contribution < 1.29 is 17.7 Å². The zero-order valence-electron chi connectivity index (χ0n) is 13.5. The molecule has 1 heterocycles. The van der Waals surface area contributed by atoms with Gasteiger partial charge >= 0.3 is 0 Å². The molecule has 0 bridgehead atoms. The molecule has 0 aliphatic carbocycles. The summed E-state index contributed by atoms with van der Waals surface area (Å²) in [5.74, 6) is -0.494. The molecule has 0 aliphatic heterocycles. The Labute approximate surface area is 158 Å². The van der Waals surface area contributed by atoms with Crippen molar-refractivity contribution in [2.24, 2.45) is 0 Å². The predicted octanol–water partition coefficient (Wildman–Crippen LogP) is 3.43. The van der Waals surface area contributed by atoms with E-state index in [2.05, 4.69) is 9.82 Å². The van der Waals surface area contributed by atoms with Gasteiger partial charge in [0.25, 0.3) is 15.7 Å². The van der Waals surface area contributed by atoms with Gasteiger partial charge in [-0.05, 0) is 24.3 Å². The molecule has 1 aromatic heterocycles. The molecule has 0 amide bonds. The van der Waals surface area contributed by atoms with E-state index in [1.165, 1.54) is 29.2 Å². The van der Waals surface area contributed by atoms with Gasteiger partial charge in [-0.15, -0.1) is 0 Å². The van der Waals surface area contributed by atoms with Crippen LogP contribution in [0, 0.1) is 15.9 Å². The molecular weight excluding hydrogens is 399 g/mol. The van der Waals surface area contributed by atoms with Crippen molar-refractivity contribution in [3.8, 4) is 0 Å². The fraction of sp³-hybridized carbons (Fsp3) is 0.0625. The normalized spacial score (nSPS) is 11.3. The lowest BCUT2D eigenvalue weighted by Gasteiger charge is -2.06. The number of rotatable bonds is 6. The standard InChI is InChI=1S/C16H12ClFN4O4S/c17-15-2-1-3-16(18)14(15)10-21-9-11(8-19-21)20-27(25,26)13-6-4-12(5-7-13)22(23)24/h1-9,20H,10H2. The summed E-state index contributed by atoms with van der Waals surface area (Å²) in [6, 6.07) is 8.74. The van der Waals surface area contributed by atoms with Crippen LogP contribution >= 0.6 is 11.6 Å². The third-order valence-corrected chi connectivity index (χ3v) is 5.38. The van der Waals surface area contributed by atoms with Crippen LogP contribution in [0.4, 0.5) is 15.8 Å². The number of nitrogens with zero attached hydrogens (tertiary/aromatic N) is 3. The second-order valence-electron chi connectivity index (χ2n) is 5.48. The van der Waals surface area contributed by atoms with Gasteiger partial charge in [0.1, 0.15) is 5.82 Å². The van der Waals surface area contributed by atoms with Gasteiger partial charge in [-0.25, -0.2) is 12.8 Å². The molecule has 0 unspecified atom stereocenters. The van der Waals surface area contributed by atoms with Gasteiger partial charge in [0.2, 0.25) is 0 Å². The van der Waals surface area contributed by atoms with Crippen molar-refractivity contribution in [3.05, 3.63) is 81.4 Å². The maximum absolute atomic E-state index is 13.8. The SMILES string of the molecule is O=[N+]([O-])c1ccc(S(=O)(=O)Nc2cnn(Cc3c(F)cccc3Cl)c2)cc1. The lowest BCUT2D eigenvalue weighted by molar-refractivity contribution is -0.384. The molecule has 0 fully saturated rings. The molecule has 3 aromatic rings. The van der Waals surface area contributed by atoms with Crippen LogP contribution in [0.5, 0.6) is 0 Å². The molecule has 0 atom stereocenters. The number of hydrogen-bond donors (Lipinski definition) is 1. The van der Waals surface area contributed by atoms with E-state index in [4.69, 9.17) is 11.6 Å². The average molecular weight is 411 g/mol. The first kappa shape index (κ1) is 18.8. The zero-order valence-corrected chi connectivity index (χ0v) is 15.1. The van der Waals surface area contributed by atoms with E-state index in [0.29, 0.717) is 0 Å². The van der Waals surface area contributed by atoms with Crippen LogP contribution in [-0.2, 0) is 16.6 Å². The van der Waals surface area contributed by atoms with Crippen LogP contribution in [0.1, 0.15) is 5.56 Å². The minimum Gasteiger partial charge on any atom is -0.276 e. The van der Waals surface area contributed by atoms with Crippen molar-refractivity contribution in [3.63, 3.8) is 0 Å². The number of aromatic nitrogens is 2. The van der Waals surface area contributed by atoms with E-state index in [1.54, 1.807) is 6.07 Å². The van der Waals surface area contributed by atoms with Crippen LogP contribution in [0.25, 0.3) is 0 Å². The number of hydrogen-bond acceptors (Lipinski definition) is 5. The van der Waals surface area contributed by atoms with E-state index in [9.17, 15) is 22.9 Å². The van der Waals surface area contributed by atoms with Crippen LogP contribution in [0.2, 0.25) is 5.02 Å². The Morgan fingerprint density at radius 3 is 2.56 bits per heavy atom. The number of halogens is 2. The molecule has 0 saturated heterocycles. The summed E-state index contributed by atoms with van der Waals surface area (Å²) in [6.07, 6.45) is 2.64. The highest BCUT2D eigenvalue weighted by Gasteiger charge is 2.17. The Morgan fingerprint density at radius 2 is 1.93 bits per heavy atom. The van der Waals surface area contributed by atoms with E-state index in [0.717, 1.165) is 24.3 Å². The highest BCUT2D eigenvalue weighted by atomic mass is 35.5. The molecule has 11 heteroatoms. The third kappa shape index (κ3) is 4.23. The van der Waals surface area contributed by atoms with Crippen molar-refractivity contribution in [2.45, 2.75) is 11.4 Å². The molecule has 0 saturated carbocycles. The molecule has 0 radical (unpaired) electrons. The van der Waals surface area contributed by atoms with Crippen molar-refractivity contribution in [2.75, 3.05) is 4.72 Å². The number of benzene rings is 2. The maximum Gasteiger partial charge on any atom is 0.269 e. The highest BCUT2D eigenvalue weighted by Crippen LogP contribution is 2.22. The van der Waals surface area contributed by atoms with Crippen LogP contribution < -0.4 is 4.72 Å². The molecule has 0 aliphatic rings. The van der Waals surface area contributed by atoms with E-state index < -0.39 is 20.8 Å². The quantitative estimate of drug-likeness (QED) is 0.494. The molecule has 0 spiro atoms. The minimum absolute atomic E-state index is 0.0186. The number of nitro groups is 1. The largest absolute Gasteiger partial charge is 0.276 e. The summed E-state index contributed by atoms with van der Waals surface area (Å²) in [5, 5.41) is 14.9. The smallest absolute Gasteiger partial charge is 0.269 e. The monoisotopic (exact) mass is 410 g/mol. The minimum atomic E-state index is -3.96. The molecular formula is C16H12ClFN4O4S. The lowest BCUT2D eigenvalue weighted by atomic mass is 10.2. The van der Waals surface area contributed by atoms with Gasteiger partial charge < -0.3 is 0 Å². The summed E-state index contributed by atoms with van der Waals surface area (Å²) in [6.45, 7) is 0.0186. The maximum atomic E-state index is 13.8. The van der Waals surface area contributed by atoms with Gasteiger partial charge in [0.15, 0.2) is 0 Å². The first-order valence-electron chi connectivity index (χ1n) is 7.49. The summed E-state index contributed by atoms with van der Waals surface area (Å²) >= 11 is 5.97. The Balaban J connectivity index is 1.77. The Hall–Kier alpha value is -2.98.